The zero-order valence-electron chi connectivity index (χ0n) is 11.5. The topological polar surface area (TPSA) is 55.5 Å². The van der Waals surface area contributed by atoms with Gasteiger partial charge in [-0.1, -0.05) is 26.2 Å². The van der Waals surface area contributed by atoms with E-state index in [1.54, 1.807) is 0 Å². The van der Waals surface area contributed by atoms with E-state index in [9.17, 15) is 5.11 Å². The zero-order chi connectivity index (χ0) is 12.7. The van der Waals surface area contributed by atoms with Crippen LogP contribution in [0.2, 0.25) is 0 Å². The Hall–Kier alpha value is -0.120. The van der Waals surface area contributed by atoms with E-state index in [2.05, 4.69) is 6.92 Å². The Bertz CT molecular complexity index is 210. The second kappa shape index (κ2) is 7.34. The van der Waals surface area contributed by atoms with Gasteiger partial charge in [0.25, 0.3) is 0 Å². The highest BCUT2D eigenvalue weighted by atomic mass is 16.5. The molecule has 0 spiro atoms. The molecule has 102 valence electrons. The molecule has 3 nitrogen and oxygen atoms in total. The molecule has 3 atom stereocenters. The van der Waals surface area contributed by atoms with Crippen LogP contribution in [0.1, 0.15) is 52.4 Å². The molecule has 0 heterocycles. The van der Waals surface area contributed by atoms with Gasteiger partial charge in [-0.3, -0.25) is 0 Å². The first-order valence-electron chi connectivity index (χ1n) is 7.11. The third-order valence-electron chi connectivity index (χ3n) is 4.23. The van der Waals surface area contributed by atoms with Crippen LogP contribution >= 0.6 is 0 Å². The van der Waals surface area contributed by atoms with Crippen molar-refractivity contribution in [1.29, 1.82) is 0 Å². The highest BCUT2D eigenvalue weighted by Gasteiger charge is 2.36. The molecule has 1 aliphatic carbocycles. The fourth-order valence-corrected chi connectivity index (χ4v) is 3.20. The van der Waals surface area contributed by atoms with Gasteiger partial charge in [-0.15, -0.1) is 0 Å². The van der Waals surface area contributed by atoms with Gasteiger partial charge in [0.1, 0.15) is 0 Å². The number of nitrogens with two attached hydrogens (primary N) is 1. The quantitative estimate of drug-likeness (QED) is 0.721. The first-order valence-corrected chi connectivity index (χ1v) is 7.11. The van der Waals surface area contributed by atoms with Crippen LogP contribution in [0.15, 0.2) is 0 Å². The van der Waals surface area contributed by atoms with Crippen molar-refractivity contribution in [1.82, 2.24) is 0 Å². The van der Waals surface area contributed by atoms with E-state index in [1.807, 2.05) is 6.92 Å². The Balaban J connectivity index is 2.49. The fourth-order valence-electron chi connectivity index (χ4n) is 3.20. The smallest absolute Gasteiger partial charge is 0.0779 e. The van der Waals surface area contributed by atoms with Crippen molar-refractivity contribution in [3.63, 3.8) is 0 Å². The van der Waals surface area contributed by atoms with Crippen molar-refractivity contribution in [2.24, 2.45) is 17.1 Å². The molecule has 1 fully saturated rings. The van der Waals surface area contributed by atoms with Crippen LogP contribution in [-0.4, -0.2) is 31.0 Å². The molecule has 0 aliphatic heterocycles. The first kappa shape index (κ1) is 14.9. The van der Waals surface area contributed by atoms with Crippen molar-refractivity contribution in [3.8, 4) is 0 Å². The lowest BCUT2D eigenvalue weighted by Crippen LogP contribution is -2.39. The normalized spacial score (nSPS) is 31.4. The van der Waals surface area contributed by atoms with Crippen LogP contribution in [0.25, 0.3) is 0 Å². The highest BCUT2D eigenvalue weighted by molar-refractivity contribution is 4.88. The van der Waals surface area contributed by atoms with Crippen LogP contribution < -0.4 is 5.73 Å². The molecule has 0 radical (unpaired) electrons. The van der Waals surface area contributed by atoms with Gasteiger partial charge in [-0.05, 0) is 44.1 Å². The minimum absolute atomic E-state index is 0.162. The Morgan fingerprint density at radius 2 is 2.24 bits per heavy atom. The van der Waals surface area contributed by atoms with Crippen molar-refractivity contribution >= 4 is 0 Å². The summed E-state index contributed by atoms with van der Waals surface area (Å²) >= 11 is 0. The summed E-state index contributed by atoms with van der Waals surface area (Å²) in [6, 6.07) is 0. The maximum Gasteiger partial charge on any atom is 0.0779 e. The Morgan fingerprint density at radius 3 is 2.82 bits per heavy atom. The minimum Gasteiger partial charge on any atom is -0.391 e. The molecule has 0 aromatic heterocycles. The van der Waals surface area contributed by atoms with Crippen molar-refractivity contribution in [2.45, 2.75) is 58.5 Å². The van der Waals surface area contributed by atoms with E-state index in [0.717, 1.165) is 12.3 Å². The number of hydrogen-bond acceptors (Lipinski definition) is 3. The molecule has 1 saturated carbocycles. The van der Waals surface area contributed by atoms with Gasteiger partial charge < -0.3 is 15.6 Å². The lowest BCUT2D eigenvalue weighted by molar-refractivity contribution is -0.00225. The summed E-state index contributed by atoms with van der Waals surface area (Å²) in [6.45, 7) is 6.04. The lowest BCUT2D eigenvalue weighted by atomic mass is 9.66. The van der Waals surface area contributed by atoms with E-state index < -0.39 is 0 Å². The summed E-state index contributed by atoms with van der Waals surface area (Å²) in [4.78, 5) is 0. The first-order chi connectivity index (χ1) is 8.15. The Labute approximate surface area is 106 Å². The summed E-state index contributed by atoms with van der Waals surface area (Å²) < 4.78 is 5.29. The average molecular weight is 243 g/mol. The van der Waals surface area contributed by atoms with Crippen molar-refractivity contribution in [2.75, 3.05) is 19.8 Å². The SMILES string of the molecule is CCOCC(O)CC1(CN)CCCC(CC)C1. The summed E-state index contributed by atoms with van der Waals surface area (Å²) in [5.41, 5.74) is 6.14. The molecule has 0 aromatic carbocycles. The molecule has 17 heavy (non-hydrogen) atoms. The molecule has 3 heteroatoms. The van der Waals surface area contributed by atoms with E-state index in [4.69, 9.17) is 10.5 Å². The number of rotatable bonds is 7. The molecule has 0 bridgehead atoms. The standard InChI is InChI=1S/C14H29NO2/c1-3-12-6-5-7-14(8-12,11-15)9-13(16)10-17-4-2/h12-13,16H,3-11,15H2,1-2H3. The Kier molecular flexibility index (Phi) is 6.45. The largest absolute Gasteiger partial charge is 0.391 e. The van der Waals surface area contributed by atoms with Crippen molar-refractivity contribution in [3.05, 3.63) is 0 Å². The van der Waals surface area contributed by atoms with Crippen LogP contribution in [0.3, 0.4) is 0 Å². The molecule has 0 saturated heterocycles. The van der Waals surface area contributed by atoms with E-state index in [0.29, 0.717) is 19.8 Å². The molecule has 0 aromatic rings. The number of hydrogen-bond donors (Lipinski definition) is 2. The van der Waals surface area contributed by atoms with Gasteiger partial charge in [0, 0.05) is 6.61 Å². The molecular formula is C14H29NO2. The van der Waals surface area contributed by atoms with Crippen LogP contribution in [0.5, 0.6) is 0 Å². The molecule has 1 rings (SSSR count). The van der Waals surface area contributed by atoms with Crippen molar-refractivity contribution < 1.29 is 9.84 Å². The van der Waals surface area contributed by atoms with Crippen LogP contribution in [-0.2, 0) is 4.74 Å². The summed E-state index contributed by atoms with van der Waals surface area (Å²) in [6.07, 6.45) is 6.64. The van der Waals surface area contributed by atoms with Gasteiger partial charge in [-0.25, -0.2) is 0 Å². The van der Waals surface area contributed by atoms with Crippen LogP contribution in [0.4, 0.5) is 0 Å². The number of ether oxygens (including phenoxy) is 1. The predicted octanol–water partition coefficient (Wildman–Crippen LogP) is 2.32. The van der Waals surface area contributed by atoms with Gasteiger partial charge in [0.15, 0.2) is 0 Å². The van der Waals surface area contributed by atoms with Gasteiger partial charge in [0.05, 0.1) is 12.7 Å². The number of aliphatic hydroxyl groups excluding tert-OH is 1. The lowest BCUT2D eigenvalue weighted by Gasteiger charge is -2.41. The summed E-state index contributed by atoms with van der Waals surface area (Å²) in [7, 11) is 0. The minimum atomic E-state index is -0.353. The molecule has 0 amide bonds. The fraction of sp³-hybridized carbons (Fsp3) is 1.00. The molecule has 3 unspecified atom stereocenters. The third-order valence-corrected chi connectivity index (χ3v) is 4.23. The predicted molar refractivity (Wildman–Crippen MR) is 70.9 cm³/mol. The van der Waals surface area contributed by atoms with Crippen LogP contribution in [0, 0.1) is 11.3 Å². The van der Waals surface area contributed by atoms with Gasteiger partial charge in [0.2, 0.25) is 0 Å². The molecular weight excluding hydrogens is 214 g/mol. The zero-order valence-corrected chi connectivity index (χ0v) is 11.5. The van der Waals surface area contributed by atoms with E-state index >= 15 is 0 Å². The monoisotopic (exact) mass is 243 g/mol. The van der Waals surface area contributed by atoms with E-state index in [-0.39, 0.29) is 11.5 Å². The second-order valence-electron chi connectivity index (χ2n) is 5.59. The molecule has 1 aliphatic rings. The highest BCUT2D eigenvalue weighted by Crippen LogP contribution is 2.43. The summed E-state index contributed by atoms with van der Waals surface area (Å²) in [5, 5.41) is 10.0. The molecule has 3 N–H and O–H groups in total. The van der Waals surface area contributed by atoms with Gasteiger partial charge in [-0.2, -0.15) is 0 Å². The Morgan fingerprint density at radius 1 is 1.47 bits per heavy atom. The van der Waals surface area contributed by atoms with Gasteiger partial charge >= 0.3 is 0 Å². The maximum absolute atomic E-state index is 10.0. The maximum atomic E-state index is 10.0. The summed E-state index contributed by atoms with van der Waals surface area (Å²) in [5.74, 6) is 0.798. The second-order valence-corrected chi connectivity index (χ2v) is 5.59. The average Bonchev–Trinajstić information content (AvgIpc) is 2.36. The van der Waals surface area contributed by atoms with E-state index in [1.165, 1.54) is 32.1 Å². The number of aliphatic hydroxyl groups is 1. The third kappa shape index (κ3) is 4.57.